The Hall–Kier alpha value is -1.62. The SMILES string of the molecule is CC(=O)c1ccc(C#N)c(C)c1. The largest absolute Gasteiger partial charge is 0.295 e. The van der Waals surface area contributed by atoms with Gasteiger partial charge in [0.05, 0.1) is 11.6 Å². The number of benzene rings is 1. The third-order valence-electron chi connectivity index (χ3n) is 1.75. The van der Waals surface area contributed by atoms with Crippen molar-refractivity contribution in [3.63, 3.8) is 0 Å². The van der Waals surface area contributed by atoms with Gasteiger partial charge in [-0.15, -0.1) is 0 Å². The summed E-state index contributed by atoms with van der Waals surface area (Å²) in [7, 11) is 0. The highest BCUT2D eigenvalue weighted by molar-refractivity contribution is 5.94. The Bertz CT molecular complexity index is 361. The van der Waals surface area contributed by atoms with Gasteiger partial charge in [0, 0.05) is 5.56 Å². The lowest BCUT2D eigenvalue weighted by Gasteiger charge is -1.98. The summed E-state index contributed by atoms with van der Waals surface area (Å²) in [6.07, 6.45) is 0. The standard InChI is InChI=1S/C10H9NO/c1-7-5-9(8(2)12)3-4-10(7)6-11/h3-5H,1-2H3. The molecule has 12 heavy (non-hydrogen) atoms. The fraction of sp³-hybridized carbons (Fsp3) is 0.200. The number of carbonyl (C=O) groups excluding carboxylic acids is 1. The molecule has 0 amide bonds. The second kappa shape index (κ2) is 3.19. The minimum absolute atomic E-state index is 0.0302. The molecule has 2 heteroatoms. The van der Waals surface area contributed by atoms with Crippen molar-refractivity contribution in [1.82, 2.24) is 0 Å². The zero-order chi connectivity index (χ0) is 9.14. The number of carbonyl (C=O) groups is 1. The molecule has 0 aliphatic rings. The molecule has 0 aliphatic carbocycles. The molecule has 0 radical (unpaired) electrons. The Kier molecular flexibility index (Phi) is 2.25. The van der Waals surface area contributed by atoms with Crippen molar-refractivity contribution in [1.29, 1.82) is 5.26 Å². The number of Topliss-reactive ketones (excluding diaryl/α,β-unsaturated/α-hetero) is 1. The first-order valence-electron chi connectivity index (χ1n) is 3.67. The van der Waals surface area contributed by atoms with E-state index in [0.29, 0.717) is 11.1 Å². The Morgan fingerprint density at radius 1 is 1.50 bits per heavy atom. The van der Waals surface area contributed by atoms with E-state index in [1.807, 2.05) is 6.92 Å². The molecule has 1 rings (SSSR count). The van der Waals surface area contributed by atoms with Crippen LogP contribution >= 0.6 is 0 Å². The van der Waals surface area contributed by atoms with Crippen molar-refractivity contribution < 1.29 is 4.79 Å². The predicted molar refractivity (Wildman–Crippen MR) is 45.9 cm³/mol. The van der Waals surface area contributed by atoms with Crippen molar-refractivity contribution in [3.05, 3.63) is 34.9 Å². The van der Waals surface area contributed by atoms with Gasteiger partial charge in [-0.1, -0.05) is 6.07 Å². The molecule has 0 saturated heterocycles. The van der Waals surface area contributed by atoms with Crippen LogP contribution < -0.4 is 0 Å². The van der Waals surface area contributed by atoms with Crippen LogP contribution in [0.4, 0.5) is 0 Å². The number of nitriles is 1. The maximum absolute atomic E-state index is 10.9. The van der Waals surface area contributed by atoms with Gasteiger partial charge in [0.2, 0.25) is 0 Å². The van der Waals surface area contributed by atoms with E-state index >= 15 is 0 Å². The summed E-state index contributed by atoms with van der Waals surface area (Å²) in [5, 5.41) is 8.61. The van der Waals surface area contributed by atoms with Gasteiger partial charge in [0.15, 0.2) is 5.78 Å². The topological polar surface area (TPSA) is 40.9 Å². The monoisotopic (exact) mass is 159 g/mol. The third-order valence-corrected chi connectivity index (χ3v) is 1.75. The molecule has 1 aromatic rings. The van der Waals surface area contributed by atoms with Gasteiger partial charge in [0.1, 0.15) is 0 Å². The van der Waals surface area contributed by atoms with Crippen molar-refractivity contribution in [3.8, 4) is 6.07 Å². The van der Waals surface area contributed by atoms with Crippen LogP contribution in [-0.2, 0) is 0 Å². The summed E-state index contributed by atoms with van der Waals surface area (Å²) in [5.41, 5.74) is 2.14. The summed E-state index contributed by atoms with van der Waals surface area (Å²) in [4.78, 5) is 10.9. The smallest absolute Gasteiger partial charge is 0.159 e. The molecular formula is C10H9NO. The van der Waals surface area contributed by atoms with Crippen LogP contribution in [0.5, 0.6) is 0 Å². The average Bonchev–Trinajstić information content (AvgIpc) is 2.04. The second-order valence-corrected chi connectivity index (χ2v) is 2.70. The normalized spacial score (nSPS) is 9.08. The van der Waals surface area contributed by atoms with Gasteiger partial charge in [0.25, 0.3) is 0 Å². The number of aryl methyl sites for hydroxylation is 1. The molecule has 2 nitrogen and oxygen atoms in total. The van der Waals surface area contributed by atoms with Crippen LogP contribution in [0.15, 0.2) is 18.2 Å². The lowest BCUT2D eigenvalue weighted by Crippen LogP contribution is -1.93. The van der Waals surface area contributed by atoms with Crippen LogP contribution in [0.3, 0.4) is 0 Å². The maximum Gasteiger partial charge on any atom is 0.159 e. The van der Waals surface area contributed by atoms with Crippen LogP contribution in [-0.4, -0.2) is 5.78 Å². The number of rotatable bonds is 1. The van der Waals surface area contributed by atoms with Crippen LogP contribution in [0.25, 0.3) is 0 Å². The van der Waals surface area contributed by atoms with Crippen molar-refractivity contribution in [2.75, 3.05) is 0 Å². The summed E-state index contributed by atoms with van der Waals surface area (Å²) in [6, 6.07) is 7.13. The molecule has 0 unspecified atom stereocenters. The van der Waals surface area contributed by atoms with Gasteiger partial charge < -0.3 is 0 Å². The van der Waals surface area contributed by atoms with Gasteiger partial charge >= 0.3 is 0 Å². The van der Waals surface area contributed by atoms with E-state index in [2.05, 4.69) is 6.07 Å². The van der Waals surface area contributed by atoms with Crippen LogP contribution in [0.2, 0.25) is 0 Å². The molecule has 0 aliphatic heterocycles. The molecule has 1 aromatic carbocycles. The molecule has 0 fully saturated rings. The fourth-order valence-corrected chi connectivity index (χ4v) is 1.01. The predicted octanol–water partition coefficient (Wildman–Crippen LogP) is 2.07. The Labute approximate surface area is 71.4 Å². The fourth-order valence-electron chi connectivity index (χ4n) is 1.01. The van der Waals surface area contributed by atoms with E-state index < -0.39 is 0 Å². The third kappa shape index (κ3) is 1.51. The van der Waals surface area contributed by atoms with Crippen molar-refractivity contribution in [2.24, 2.45) is 0 Å². The first kappa shape index (κ1) is 8.48. The maximum atomic E-state index is 10.9. The van der Waals surface area contributed by atoms with E-state index in [0.717, 1.165) is 5.56 Å². The Morgan fingerprint density at radius 3 is 2.58 bits per heavy atom. The zero-order valence-electron chi connectivity index (χ0n) is 7.09. The highest BCUT2D eigenvalue weighted by Gasteiger charge is 2.01. The molecule has 0 spiro atoms. The van der Waals surface area contributed by atoms with Gasteiger partial charge in [-0.3, -0.25) is 4.79 Å². The summed E-state index contributed by atoms with van der Waals surface area (Å²) in [6.45, 7) is 3.34. The first-order valence-corrected chi connectivity index (χ1v) is 3.67. The molecule has 60 valence electrons. The van der Waals surface area contributed by atoms with E-state index in [-0.39, 0.29) is 5.78 Å². The second-order valence-electron chi connectivity index (χ2n) is 2.70. The quantitative estimate of drug-likeness (QED) is 0.588. The molecule has 0 aromatic heterocycles. The van der Waals surface area contributed by atoms with Crippen LogP contribution in [0.1, 0.15) is 28.4 Å². The number of hydrogen-bond donors (Lipinski definition) is 0. The lowest BCUT2D eigenvalue weighted by molar-refractivity contribution is 0.101. The summed E-state index contributed by atoms with van der Waals surface area (Å²) >= 11 is 0. The summed E-state index contributed by atoms with van der Waals surface area (Å²) < 4.78 is 0. The van der Waals surface area contributed by atoms with Gasteiger partial charge in [-0.05, 0) is 31.5 Å². The Balaban J connectivity index is 3.21. The molecule has 0 N–H and O–H groups in total. The molecule has 0 saturated carbocycles. The molecule has 0 atom stereocenters. The molecule has 0 bridgehead atoms. The molecule has 0 heterocycles. The van der Waals surface area contributed by atoms with E-state index in [4.69, 9.17) is 5.26 Å². The zero-order valence-corrected chi connectivity index (χ0v) is 7.09. The number of hydrogen-bond acceptors (Lipinski definition) is 2. The van der Waals surface area contributed by atoms with Crippen molar-refractivity contribution in [2.45, 2.75) is 13.8 Å². The van der Waals surface area contributed by atoms with E-state index in [1.54, 1.807) is 18.2 Å². The Morgan fingerprint density at radius 2 is 2.17 bits per heavy atom. The first-order chi connectivity index (χ1) is 5.65. The van der Waals surface area contributed by atoms with Gasteiger partial charge in [-0.25, -0.2) is 0 Å². The minimum atomic E-state index is 0.0302. The number of ketones is 1. The molecular weight excluding hydrogens is 150 g/mol. The van der Waals surface area contributed by atoms with E-state index in [1.165, 1.54) is 6.92 Å². The van der Waals surface area contributed by atoms with Gasteiger partial charge in [-0.2, -0.15) is 5.26 Å². The minimum Gasteiger partial charge on any atom is -0.295 e. The summed E-state index contributed by atoms with van der Waals surface area (Å²) in [5.74, 6) is 0.0302. The van der Waals surface area contributed by atoms with Crippen molar-refractivity contribution >= 4 is 5.78 Å². The van der Waals surface area contributed by atoms with Crippen LogP contribution in [0, 0.1) is 18.3 Å². The lowest BCUT2D eigenvalue weighted by atomic mass is 10.0. The number of nitrogens with zero attached hydrogens (tertiary/aromatic N) is 1. The highest BCUT2D eigenvalue weighted by Crippen LogP contribution is 2.10. The average molecular weight is 159 g/mol. The highest BCUT2D eigenvalue weighted by atomic mass is 16.1. The van der Waals surface area contributed by atoms with E-state index in [9.17, 15) is 4.79 Å².